The van der Waals surface area contributed by atoms with E-state index in [4.69, 9.17) is 5.73 Å². The number of carbonyl (C=O) groups is 1. The highest BCUT2D eigenvalue weighted by atomic mass is 32.2. The molecule has 6 nitrogen and oxygen atoms in total. The summed E-state index contributed by atoms with van der Waals surface area (Å²) < 4.78 is 31.1. The van der Waals surface area contributed by atoms with Crippen LogP contribution in [0.1, 0.15) is 28.8 Å². The molecule has 1 aliphatic heterocycles. The largest absolute Gasteiger partial charge is 0.465 e. The first-order valence-electron chi connectivity index (χ1n) is 6.85. The van der Waals surface area contributed by atoms with Crippen LogP contribution in [0.5, 0.6) is 0 Å². The zero-order chi connectivity index (χ0) is 15.5. The van der Waals surface area contributed by atoms with Gasteiger partial charge < -0.3 is 10.5 Å². The van der Waals surface area contributed by atoms with Crippen LogP contribution < -0.4 is 5.73 Å². The summed E-state index contributed by atoms with van der Waals surface area (Å²) in [6, 6.07) is 6.38. The summed E-state index contributed by atoms with van der Waals surface area (Å²) in [4.78, 5) is 11.5. The number of carbonyl (C=O) groups excluding carboxylic acids is 1. The molecule has 1 aromatic carbocycles. The molecule has 2 rings (SSSR count). The molecule has 2 N–H and O–H groups in total. The highest BCUT2D eigenvalue weighted by molar-refractivity contribution is 7.88. The van der Waals surface area contributed by atoms with E-state index in [9.17, 15) is 13.2 Å². The van der Waals surface area contributed by atoms with Crippen molar-refractivity contribution in [2.75, 3.05) is 20.2 Å². The predicted octanol–water partition coefficient (Wildman–Crippen LogP) is 0.726. The number of nitrogens with two attached hydrogens (primary N) is 1. The molecule has 116 valence electrons. The van der Waals surface area contributed by atoms with Crippen LogP contribution in [-0.2, 0) is 20.5 Å². The molecular weight excluding hydrogens is 292 g/mol. The van der Waals surface area contributed by atoms with Gasteiger partial charge in [-0.25, -0.2) is 13.2 Å². The second-order valence-electron chi connectivity index (χ2n) is 5.09. The smallest absolute Gasteiger partial charge is 0.337 e. The van der Waals surface area contributed by atoms with Crippen molar-refractivity contribution in [3.05, 3.63) is 35.4 Å². The minimum atomic E-state index is -3.42. The summed E-state index contributed by atoms with van der Waals surface area (Å²) in [7, 11) is -2.13. The third-order valence-corrected chi connectivity index (χ3v) is 5.54. The molecule has 0 radical (unpaired) electrons. The minimum Gasteiger partial charge on any atom is -0.465 e. The maximum Gasteiger partial charge on any atom is 0.337 e. The first-order valence-corrected chi connectivity index (χ1v) is 8.45. The van der Waals surface area contributed by atoms with Crippen LogP contribution >= 0.6 is 0 Å². The number of esters is 1. The van der Waals surface area contributed by atoms with Gasteiger partial charge in [0.05, 0.1) is 18.4 Å². The second-order valence-corrected chi connectivity index (χ2v) is 7.01. The van der Waals surface area contributed by atoms with Crippen LogP contribution in [0.2, 0.25) is 0 Å². The Morgan fingerprint density at radius 2 is 2.24 bits per heavy atom. The van der Waals surface area contributed by atoms with Crippen molar-refractivity contribution in [2.45, 2.75) is 24.6 Å². The molecule has 21 heavy (non-hydrogen) atoms. The molecule has 0 aliphatic carbocycles. The topological polar surface area (TPSA) is 89.7 Å². The van der Waals surface area contributed by atoms with Crippen molar-refractivity contribution in [3.63, 3.8) is 0 Å². The van der Waals surface area contributed by atoms with Gasteiger partial charge in [0.25, 0.3) is 0 Å². The molecule has 1 unspecified atom stereocenters. The Bertz CT molecular complexity index is 615. The van der Waals surface area contributed by atoms with E-state index in [0.29, 0.717) is 24.2 Å². The maximum atomic E-state index is 12.5. The average molecular weight is 312 g/mol. The van der Waals surface area contributed by atoms with Crippen LogP contribution in [-0.4, -0.2) is 44.9 Å². The fourth-order valence-corrected chi connectivity index (χ4v) is 4.43. The average Bonchev–Trinajstić information content (AvgIpc) is 2.95. The molecule has 0 amide bonds. The van der Waals surface area contributed by atoms with E-state index in [2.05, 4.69) is 4.74 Å². The number of hydrogen-bond acceptors (Lipinski definition) is 5. The lowest BCUT2D eigenvalue weighted by atomic mass is 10.1. The van der Waals surface area contributed by atoms with Crippen LogP contribution in [0.4, 0.5) is 0 Å². The Kier molecular flexibility index (Phi) is 4.97. The number of ether oxygens (including phenoxy) is 1. The summed E-state index contributed by atoms with van der Waals surface area (Å²) in [6.45, 7) is 0.850. The van der Waals surface area contributed by atoms with Crippen molar-refractivity contribution >= 4 is 16.0 Å². The van der Waals surface area contributed by atoms with Crippen LogP contribution in [0, 0.1) is 0 Å². The van der Waals surface area contributed by atoms with Crippen molar-refractivity contribution in [1.29, 1.82) is 0 Å². The number of rotatable bonds is 5. The van der Waals surface area contributed by atoms with Crippen molar-refractivity contribution < 1.29 is 17.9 Å². The second kappa shape index (κ2) is 6.55. The van der Waals surface area contributed by atoms with E-state index in [1.807, 2.05) is 0 Å². The number of benzene rings is 1. The van der Waals surface area contributed by atoms with Crippen molar-refractivity contribution in [3.8, 4) is 0 Å². The number of methoxy groups -OCH3 is 1. The Morgan fingerprint density at radius 1 is 1.48 bits per heavy atom. The molecule has 0 saturated carbocycles. The van der Waals surface area contributed by atoms with Crippen LogP contribution in [0.3, 0.4) is 0 Å². The summed E-state index contributed by atoms with van der Waals surface area (Å²) >= 11 is 0. The van der Waals surface area contributed by atoms with Gasteiger partial charge in [0.1, 0.15) is 0 Å². The van der Waals surface area contributed by atoms with Crippen molar-refractivity contribution in [2.24, 2.45) is 5.73 Å². The molecule has 0 spiro atoms. The lowest BCUT2D eigenvalue weighted by molar-refractivity contribution is 0.0600. The number of sulfonamides is 1. The fraction of sp³-hybridized carbons (Fsp3) is 0.500. The SMILES string of the molecule is COC(=O)c1cccc(CS(=O)(=O)N2CCCC2CN)c1. The molecule has 1 fully saturated rings. The van der Waals surface area contributed by atoms with E-state index < -0.39 is 16.0 Å². The maximum absolute atomic E-state index is 12.5. The Hall–Kier alpha value is -1.44. The Labute approximate surface area is 124 Å². The zero-order valence-electron chi connectivity index (χ0n) is 12.0. The van der Waals surface area contributed by atoms with Crippen LogP contribution in [0.25, 0.3) is 0 Å². The lowest BCUT2D eigenvalue weighted by Crippen LogP contribution is -2.40. The van der Waals surface area contributed by atoms with Gasteiger partial charge in [0.2, 0.25) is 10.0 Å². The summed E-state index contributed by atoms with van der Waals surface area (Å²) in [5, 5.41) is 0. The van der Waals surface area contributed by atoms with E-state index in [-0.39, 0.29) is 11.8 Å². The normalized spacial score (nSPS) is 19.6. The highest BCUT2D eigenvalue weighted by Gasteiger charge is 2.33. The minimum absolute atomic E-state index is 0.112. The number of nitrogens with zero attached hydrogens (tertiary/aromatic N) is 1. The van der Waals surface area contributed by atoms with Gasteiger partial charge >= 0.3 is 5.97 Å². The molecular formula is C14H20N2O4S. The van der Waals surface area contributed by atoms with Gasteiger partial charge in [0, 0.05) is 19.1 Å². The first-order chi connectivity index (χ1) is 9.97. The van der Waals surface area contributed by atoms with E-state index in [1.54, 1.807) is 24.3 Å². The summed E-state index contributed by atoms with van der Waals surface area (Å²) in [5.74, 6) is -0.607. The molecule has 1 saturated heterocycles. The zero-order valence-corrected chi connectivity index (χ0v) is 12.8. The van der Waals surface area contributed by atoms with Gasteiger partial charge in [-0.15, -0.1) is 0 Å². The van der Waals surface area contributed by atoms with Crippen LogP contribution in [0.15, 0.2) is 24.3 Å². The standard InChI is InChI=1S/C14H20N2O4S/c1-20-14(17)12-5-2-4-11(8-12)10-21(18,19)16-7-3-6-13(16)9-15/h2,4-5,8,13H,3,6-7,9-10,15H2,1H3. The van der Waals surface area contributed by atoms with E-state index in [0.717, 1.165) is 12.8 Å². The Balaban J connectivity index is 2.19. The predicted molar refractivity (Wildman–Crippen MR) is 79.2 cm³/mol. The van der Waals surface area contributed by atoms with Gasteiger partial charge in [-0.05, 0) is 30.5 Å². The molecule has 0 aromatic heterocycles. The number of hydrogen-bond donors (Lipinski definition) is 1. The van der Waals surface area contributed by atoms with Gasteiger partial charge in [-0.1, -0.05) is 12.1 Å². The van der Waals surface area contributed by atoms with Crippen molar-refractivity contribution in [1.82, 2.24) is 4.31 Å². The molecule has 1 aliphatic rings. The molecule has 1 heterocycles. The molecule has 7 heteroatoms. The lowest BCUT2D eigenvalue weighted by Gasteiger charge is -2.22. The third-order valence-electron chi connectivity index (χ3n) is 3.65. The fourth-order valence-electron chi connectivity index (χ4n) is 2.61. The van der Waals surface area contributed by atoms with Gasteiger partial charge in [-0.2, -0.15) is 4.31 Å². The first kappa shape index (κ1) is 15.9. The molecule has 0 bridgehead atoms. The summed E-state index contributed by atoms with van der Waals surface area (Å²) in [6.07, 6.45) is 1.64. The quantitative estimate of drug-likeness (QED) is 0.809. The highest BCUT2D eigenvalue weighted by Crippen LogP contribution is 2.23. The van der Waals surface area contributed by atoms with Gasteiger partial charge in [0.15, 0.2) is 0 Å². The molecule has 1 aromatic rings. The molecule has 1 atom stereocenters. The third kappa shape index (κ3) is 3.61. The Morgan fingerprint density at radius 3 is 2.90 bits per heavy atom. The monoisotopic (exact) mass is 312 g/mol. The summed E-state index contributed by atoms with van der Waals surface area (Å²) in [5.41, 5.74) is 6.55. The van der Waals surface area contributed by atoms with E-state index in [1.165, 1.54) is 11.4 Å². The van der Waals surface area contributed by atoms with E-state index >= 15 is 0 Å². The van der Waals surface area contributed by atoms with Gasteiger partial charge in [-0.3, -0.25) is 0 Å².